The number of carbonyl (C=O) groups is 1. The fraction of sp³-hybridized carbons (Fsp3) is 0.375. The van der Waals surface area contributed by atoms with Gasteiger partial charge in [0, 0.05) is 24.6 Å². The monoisotopic (exact) mass is 348 g/mol. The third-order valence-corrected chi connectivity index (χ3v) is 5.47. The molecule has 1 heterocycles. The van der Waals surface area contributed by atoms with Crippen LogP contribution in [-0.4, -0.2) is 24.5 Å². The van der Waals surface area contributed by atoms with Gasteiger partial charge in [-0.15, -0.1) is 0 Å². The van der Waals surface area contributed by atoms with Crippen LogP contribution < -0.4 is 10.5 Å². The standard InChI is InChI=1S/C16H20N4O3S/c1-10-6-11(2-5-15(10)24(17,22)23)8-18-16(21)12-3-4-13-9-19-20-14(13)7-12/h2,5-6,9,12H,3-4,7-8H2,1H3,(H,18,21)(H,19,20)(H2,17,22,23)/t12-/m0/s1. The summed E-state index contributed by atoms with van der Waals surface area (Å²) in [6.07, 6.45) is 4.15. The first-order chi connectivity index (χ1) is 11.3. The average Bonchev–Trinajstić information content (AvgIpc) is 2.98. The van der Waals surface area contributed by atoms with Crippen molar-refractivity contribution in [3.8, 4) is 0 Å². The van der Waals surface area contributed by atoms with E-state index in [4.69, 9.17) is 5.14 Å². The molecule has 1 amide bonds. The number of hydrogen-bond donors (Lipinski definition) is 3. The molecule has 0 fully saturated rings. The Bertz CT molecular complexity index is 873. The normalized spacial score (nSPS) is 17.3. The first-order valence-electron chi connectivity index (χ1n) is 7.76. The molecule has 0 spiro atoms. The van der Waals surface area contributed by atoms with Crippen molar-refractivity contribution in [1.82, 2.24) is 15.5 Å². The van der Waals surface area contributed by atoms with Crippen molar-refractivity contribution >= 4 is 15.9 Å². The number of aromatic amines is 1. The van der Waals surface area contributed by atoms with Gasteiger partial charge in [-0.25, -0.2) is 13.6 Å². The number of primary sulfonamides is 1. The summed E-state index contributed by atoms with van der Waals surface area (Å²) in [6, 6.07) is 4.87. The minimum Gasteiger partial charge on any atom is -0.352 e. The maximum atomic E-state index is 12.4. The molecule has 0 unspecified atom stereocenters. The largest absolute Gasteiger partial charge is 0.352 e. The zero-order valence-corrected chi connectivity index (χ0v) is 14.2. The highest BCUT2D eigenvalue weighted by Crippen LogP contribution is 2.24. The molecular formula is C16H20N4O3S. The van der Waals surface area contributed by atoms with Crippen molar-refractivity contribution < 1.29 is 13.2 Å². The predicted octanol–water partition coefficient (Wildman–Crippen LogP) is 0.787. The van der Waals surface area contributed by atoms with Crippen LogP contribution in [0.3, 0.4) is 0 Å². The molecule has 0 bridgehead atoms. The number of amides is 1. The molecular weight excluding hydrogens is 328 g/mol. The number of benzene rings is 1. The number of rotatable bonds is 4. The molecule has 0 aliphatic heterocycles. The number of carbonyl (C=O) groups excluding carboxylic acids is 1. The molecule has 0 radical (unpaired) electrons. The number of nitrogens with two attached hydrogens (primary N) is 1. The van der Waals surface area contributed by atoms with Crippen molar-refractivity contribution in [1.29, 1.82) is 0 Å². The van der Waals surface area contributed by atoms with Crippen molar-refractivity contribution in [3.63, 3.8) is 0 Å². The molecule has 8 heteroatoms. The highest BCUT2D eigenvalue weighted by atomic mass is 32.2. The van der Waals surface area contributed by atoms with Crippen molar-refractivity contribution in [3.05, 3.63) is 46.8 Å². The van der Waals surface area contributed by atoms with Gasteiger partial charge in [0.1, 0.15) is 0 Å². The molecule has 1 aliphatic rings. The van der Waals surface area contributed by atoms with Crippen LogP contribution in [-0.2, 0) is 34.2 Å². The maximum Gasteiger partial charge on any atom is 0.238 e. The maximum absolute atomic E-state index is 12.4. The molecule has 128 valence electrons. The highest BCUT2D eigenvalue weighted by molar-refractivity contribution is 7.89. The lowest BCUT2D eigenvalue weighted by Crippen LogP contribution is -2.33. The van der Waals surface area contributed by atoms with E-state index in [0.29, 0.717) is 18.5 Å². The predicted molar refractivity (Wildman–Crippen MR) is 88.5 cm³/mol. The SMILES string of the molecule is Cc1cc(CNC(=O)[C@H]2CCc3cn[nH]c3C2)ccc1S(N)(=O)=O. The number of nitrogens with one attached hydrogen (secondary N) is 2. The van der Waals surface area contributed by atoms with Crippen LogP contribution in [0.1, 0.15) is 28.8 Å². The van der Waals surface area contributed by atoms with Gasteiger partial charge in [-0.05, 0) is 42.5 Å². The number of H-pyrrole nitrogens is 1. The Morgan fingerprint density at radius 3 is 2.96 bits per heavy atom. The molecule has 0 saturated carbocycles. The number of sulfonamides is 1. The minimum atomic E-state index is -3.72. The van der Waals surface area contributed by atoms with Crippen LogP contribution >= 0.6 is 0 Å². The zero-order valence-electron chi connectivity index (χ0n) is 13.4. The number of aryl methyl sites for hydroxylation is 2. The summed E-state index contributed by atoms with van der Waals surface area (Å²) in [6.45, 7) is 2.04. The molecule has 0 saturated heterocycles. The Balaban J connectivity index is 1.62. The molecule has 3 rings (SSSR count). The molecule has 2 aromatic rings. The third kappa shape index (κ3) is 3.49. The van der Waals surface area contributed by atoms with E-state index in [-0.39, 0.29) is 16.7 Å². The van der Waals surface area contributed by atoms with Gasteiger partial charge < -0.3 is 5.32 Å². The van der Waals surface area contributed by atoms with Gasteiger partial charge in [0.05, 0.1) is 11.1 Å². The van der Waals surface area contributed by atoms with Crippen LogP contribution in [0.5, 0.6) is 0 Å². The van der Waals surface area contributed by atoms with Gasteiger partial charge in [0.25, 0.3) is 0 Å². The lowest BCUT2D eigenvalue weighted by atomic mass is 9.87. The molecule has 1 aliphatic carbocycles. The van der Waals surface area contributed by atoms with Crippen molar-refractivity contribution in [2.75, 3.05) is 0 Å². The van der Waals surface area contributed by atoms with Gasteiger partial charge in [-0.2, -0.15) is 5.10 Å². The smallest absolute Gasteiger partial charge is 0.238 e. The van der Waals surface area contributed by atoms with Crippen LogP contribution in [0.15, 0.2) is 29.3 Å². The molecule has 7 nitrogen and oxygen atoms in total. The van der Waals surface area contributed by atoms with Crippen molar-refractivity contribution in [2.45, 2.75) is 37.6 Å². The summed E-state index contributed by atoms with van der Waals surface area (Å²) >= 11 is 0. The number of hydrogen-bond acceptors (Lipinski definition) is 4. The van der Waals surface area contributed by atoms with E-state index in [1.807, 2.05) is 6.20 Å². The summed E-state index contributed by atoms with van der Waals surface area (Å²) in [4.78, 5) is 12.5. The summed E-state index contributed by atoms with van der Waals surface area (Å²) in [5, 5.41) is 15.0. The van der Waals surface area contributed by atoms with E-state index in [9.17, 15) is 13.2 Å². The number of nitrogens with zero attached hydrogens (tertiary/aromatic N) is 1. The van der Waals surface area contributed by atoms with Gasteiger partial charge >= 0.3 is 0 Å². The summed E-state index contributed by atoms with van der Waals surface area (Å²) in [5.41, 5.74) is 3.64. The molecule has 1 aromatic carbocycles. The lowest BCUT2D eigenvalue weighted by molar-refractivity contribution is -0.125. The van der Waals surface area contributed by atoms with Crippen molar-refractivity contribution in [2.24, 2.45) is 11.1 Å². The summed E-state index contributed by atoms with van der Waals surface area (Å²) in [5.74, 6) is -0.0637. The Kier molecular flexibility index (Phi) is 4.42. The number of aromatic nitrogens is 2. The summed E-state index contributed by atoms with van der Waals surface area (Å²) < 4.78 is 22.8. The van der Waals surface area contributed by atoms with E-state index < -0.39 is 10.0 Å². The quantitative estimate of drug-likeness (QED) is 0.757. The fourth-order valence-electron chi connectivity index (χ4n) is 3.11. The van der Waals surface area contributed by atoms with Crippen LogP contribution in [0.25, 0.3) is 0 Å². The second-order valence-electron chi connectivity index (χ2n) is 6.18. The minimum absolute atomic E-state index is 0.00317. The van der Waals surface area contributed by atoms with Crippen LogP contribution in [0, 0.1) is 12.8 Å². The lowest BCUT2D eigenvalue weighted by Gasteiger charge is -2.21. The second-order valence-corrected chi connectivity index (χ2v) is 7.71. The van der Waals surface area contributed by atoms with E-state index >= 15 is 0 Å². The fourth-order valence-corrected chi connectivity index (χ4v) is 3.87. The first-order valence-corrected chi connectivity index (χ1v) is 9.30. The first kappa shape index (κ1) is 16.7. The molecule has 1 aromatic heterocycles. The Morgan fingerprint density at radius 1 is 1.46 bits per heavy atom. The average molecular weight is 348 g/mol. The van der Waals surface area contributed by atoms with Crippen LogP contribution in [0.4, 0.5) is 0 Å². The Hall–Kier alpha value is -2.19. The van der Waals surface area contributed by atoms with Gasteiger partial charge in [-0.3, -0.25) is 9.89 Å². The zero-order chi connectivity index (χ0) is 17.3. The van der Waals surface area contributed by atoms with Crippen LogP contribution in [0.2, 0.25) is 0 Å². The van der Waals surface area contributed by atoms with E-state index in [0.717, 1.165) is 24.1 Å². The van der Waals surface area contributed by atoms with E-state index in [1.54, 1.807) is 19.1 Å². The highest BCUT2D eigenvalue weighted by Gasteiger charge is 2.25. The third-order valence-electron chi connectivity index (χ3n) is 4.40. The van der Waals surface area contributed by atoms with Gasteiger partial charge in [-0.1, -0.05) is 12.1 Å². The summed E-state index contributed by atoms with van der Waals surface area (Å²) in [7, 11) is -3.72. The molecule has 4 N–H and O–H groups in total. The van der Waals surface area contributed by atoms with E-state index in [2.05, 4.69) is 15.5 Å². The van der Waals surface area contributed by atoms with Gasteiger partial charge in [0.2, 0.25) is 15.9 Å². The second kappa shape index (κ2) is 6.37. The topological polar surface area (TPSA) is 118 Å². The molecule has 24 heavy (non-hydrogen) atoms. The van der Waals surface area contributed by atoms with Gasteiger partial charge in [0.15, 0.2) is 0 Å². The Labute approximate surface area is 140 Å². The molecule has 1 atom stereocenters. The number of fused-ring (bicyclic) bond motifs is 1. The van der Waals surface area contributed by atoms with E-state index in [1.165, 1.54) is 11.6 Å². The Morgan fingerprint density at radius 2 is 2.25 bits per heavy atom.